The van der Waals surface area contributed by atoms with Crippen LogP contribution in [0.3, 0.4) is 0 Å². The van der Waals surface area contributed by atoms with E-state index in [-0.39, 0.29) is 12.5 Å². The molecule has 0 amide bonds. The lowest BCUT2D eigenvalue weighted by atomic mass is 9.97. The van der Waals surface area contributed by atoms with Gasteiger partial charge in [0.1, 0.15) is 23.4 Å². The van der Waals surface area contributed by atoms with E-state index >= 15 is 0 Å². The van der Waals surface area contributed by atoms with E-state index in [1.807, 2.05) is 30.3 Å². The third-order valence-electron chi connectivity index (χ3n) is 5.93. The molecular weight excluding hydrogens is 462 g/mol. The zero-order valence-electron chi connectivity index (χ0n) is 18.4. The zero-order chi connectivity index (χ0) is 23.8. The summed E-state index contributed by atoms with van der Waals surface area (Å²) in [6, 6.07) is 13.4. The van der Waals surface area contributed by atoms with Crippen LogP contribution in [0.2, 0.25) is 0 Å². The van der Waals surface area contributed by atoms with E-state index in [1.165, 1.54) is 10.9 Å². The van der Waals surface area contributed by atoms with Crippen LogP contribution in [0.15, 0.2) is 54.7 Å². The van der Waals surface area contributed by atoms with E-state index in [9.17, 15) is 8.78 Å². The molecule has 2 aromatic heterocycles. The van der Waals surface area contributed by atoms with Crippen molar-refractivity contribution in [2.75, 3.05) is 19.5 Å². The van der Waals surface area contributed by atoms with Gasteiger partial charge in [-0.1, -0.05) is 30.3 Å². The molecule has 0 radical (unpaired) electrons. The molecule has 1 aliphatic heterocycles. The van der Waals surface area contributed by atoms with Crippen LogP contribution < -0.4 is 14.8 Å². The van der Waals surface area contributed by atoms with Gasteiger partial charge in [-0.25, -0.2) is 13.5 Å². The fourth-order valence-electron chi connectivity index (χ4n) is 4.27. The van der Waals surface area contributed by atoms with E-state index in [2.05, 4.69) is 20.6 Å². The van der Waals surface area contributed by atoms with Crippen molar-refractivity contribution in [1.82, 2.24) is 24.5 Å². The minimum atomic E-state index is -2.58. The van der Waals surface area contributed by atoms with Gasteiger partial charge >= 0.3 is 0 Å². The second kappa shape index (κ2) is 8.90. The van der Waals surface area contributed by atoms with Gasteiger partial charge in [-0.3, -0.25) is 9.67 Å². The third kappa shape index (κ3) is 3.71. The Hall–Kier alpha value is -3.73. The van der Waals surface area contributed by atoms with Gasteiger partial charge in [0, 0.05) is 6.07 Å². The molecule has 2 aromatic carbocycles. The number of anilines is 1. The molecule has 8 nitrogen and oxygen atoms in total. The number of nitrogens with zero attached hydrogens (tertiary/aromatic N) is 4. The van der Waals surface area contributed by atoms with Crippen LogP contribution in [-0.2, 0) is 0 Å². The average Bonchev–Trinajstić information content (AvgIpc) is 3.46. The van der Waals surface area contributed by atoms with Crippen molar-refractivity contribution in [3.63, 3.8) is 0 Å². The van der Waals surface area contributed by atoms with Crippen molar-refractivity contribution in [3.05, 3.63) is 65.1 Å². The molecule has 0 aliphatic carbocycles. The van der Waals surface area contributed by atoms with Crippen LogP contribution in [0, 0.1) is 4.77 Å². The molecule has 0 fully saturated rings. The molecule has 2 atom stereocenters. The number of aromatic amines is 1. The molecule has 11 heteroatoms. The number of fused-ring (bicyclic) bond motifs is 1. The SMILES string of the molecule is COc1ccc(-n2c(-c3cnn4c3N[C@H](c3ccccc3)C[C@@H]4C(F)F)n[nH]c2=S)c(OC)c1. The first kappa shape index (κ1) is 22.1. The maximum Gasteiger partial charge on any atom is 0.260 e. The summed E-state index contributed by atoms with van der Waals surface area (Å²) in [6.07, 6.45) is -0.848. The monoisotopic (exact) mass is 484 g/mol. The van der Waals surface area contributed by atoms with Crippen molar-refractivity contribution < 1.29 is 18.3 Å². The van der Waals surface area contributed by atoms with Gasteiger partial charge < -0.3 is 14.8 Å². The molecule has 5 rings (SSSR count). The Bertz CT molecular complexity index is 1370. The molecule has 3 heterocycles. The first-order valence-electron chi connectivity index (χ1n) is 10.6. The molecule has 176 valence electrons. The maximum atomic E-state index is 14.1. The number of nitrogens with one attached hydrogen (secondary N) is 2. The van der Waals surface area contributed by atoms with Gasteiger partial charge in [0.05, 0.1) is 37.7 Å². The minimum absolute atomic E-state index is 0.203. The smallest absolute Gasteiger partial charge is 0.260 e. The molecule has 34 heavy (non-hydrogen) atoms. The molecule has 0 saturated carbocycles. The normalized spacial score (nSPS) is 17.3. The number of hydrogen-bond donors (Lipinski definition) is 2. The lowest BCUT2D eigenvalue weighted by Gasteiger charge is -2.32. The topological polar surface area (TPSA) is 81.9 Å². The van der Waals surface area contributed by atoms with E-state index in [0.29, 0.717) is 39.2 Å². The first-order chi connectivity index (χ1) is 16.5. The van der Waals surface area contributed by atoms with Crippen LogP contribution in [0.5, 0.6) is 11.5 Å². The molecule has 2 N–H and O–H groups in total. The molecule has 4 aromatic rings. The molecule has 0 spiro atoms. The Balaban J connectivity index is 1.64. The van der Waals surface area contributed by atoms with Crippen molar-refractivity contribution in [3.8, 4) is 28.6 Å². The Morgan fingerprint density at radius 2 is 1.91 bits per heavy atom. The molecule has 0 unspecified atom stereocenters. The summed E-state index contributed by atoms with van der Waals surface area (Å²) < 4.78 is 42.3. The summed E-state index contributed by atoms with van der Waals surface area (Å²) in [4.78, 5) is 0. The van der Waals surface area contributed by atoms with Crippen molar-refractivity contribution in [2.45, 2.75) is 24.9 Å². The second-order valence-electron chi connectivity index (χ2n) is 7.82. The fourth-order valence-corrected chi connectivity index (χ4v) is 4.50. The number of halogens is 2. The number of aromatic nitrogens is 5. The molecule has 0 saturated heterocycles. The summed E-state index contributed by atoms with van der Waals surface area (Å²) in [7, 11) is 3.11. The van der Waals surface area contributed by atoms with Crippen LogP contribution in [0.1, 0.15) is 24.1 Å². The number of benzene rings is 2. The van der Waals surface area contributed by atoms with Gasteiger partial charge in [0.15, 0.2) is 10.6 Å². The van der Waals surface area contributed by atoms with Crippen LogP contribution in [-0.4, -0.2) is 45.2 Å². The summed E-state index contributed by atoms with van der Waals surface area (Å²) in [5.41, 5.74) is 2.08. The average molecular weight is 485 g/mol. The van der Waals surface area contributed by atoms with Gasteiger partial charge in [-0.15, -0.1) is 0 Å². The number of H-pyrrole nitrogens is 1. The lowest BCUT2D eigenvalue weighted by Crippen LogP contribution is -2.31. The van der Waals surface area contributed by atoms with E-state index in [1.54, 1.807) is 37.0 Å². The Labute approximate surface area is 199 Å². The van der Waals surface area contributed by atoms with Gasteiger partial charge in [-0.2, -0.15) is 10.2 Å². The Morgan fingerprint density at radius 1 is 1.12 bits per heavy atom. The number of alkyl halides is 2. The number of ether oxygens (including phenoxy) is 2. The summed E-state index contributed by atoms with van der Waals surface area (Å²) >= 11 is 5.51. The summed E-state index contributed by atoms with van der Waals surface area (Å²) in [6.45, 7) is 0. The highest BCUT2D eigenvalue weighted by molar-refractivity contribution is 7.71. The molecular formula is C23H22F2N6O2S. The van der Waals surface area contributed by atoms with Crippen molar-refractivity contribution in [2.24, 2.45) is 0 Å². The highest BCUT2D eigenvalue weighted by Crippen LogP contribution is 2.42. The molecule has 0 bridgehead atoms. The summed E-state index contributed by atoms with van der Waals surface area (Å²) in [5, 5.41) is 14.9. The van der Waals surface area contributed by atoms with Gasteiger partial charge in [0.25, 0.3) is 6.43 Å². The highest BCUT2D eigenvalue weighted by Gasteiger charge is 2.36. The van der Waals surface area contributed by atoms with Crippen molar-refractivity contribution in [1.29, 1.82) is 0 Å². The minimum Gasteiger partial charge on any atom is -0.497 e. The van der Waals surface area contributed by atoms with Gasteiger partial charge in [-0.05, 0) is 36.3 Å². The maximum absolute atomic E-state index is 14.1. The third-order valence-corrected chi connectivity index (χ3v) is 6.21. The van der Waals surface area contributed by atoms with Gasteiger partial charge in [0.2, 0.25) is 0 Å². The second-order valence-corrected chi connectivity index (χ2v) is 8.21. The number of rotatable bonds is 6. The predicted octanol–water partition coefficient (Wildman–Crippen LogP) is 5.17. The van der Waals surface area contributed by atoms with E-state index in [0.717, 1.165) is 5.56 Å². The Kier molecular flexibility index (Phi) is 5.78. The number of methoxy groups -OCH3 is 2. The molecule has 1 aliphatic rings. The fraction of sp³-hybridized carbons (Fsp3) is 0.261. The van der Waals surface area contributed by atoms with E-state index in [4.69, 9.17) is 21.7 Å². The van der Waals surface area contributed by atoms with Crippen LogP contribution >= 0.6 is 12.2 Å². The predicted molar refractivity (Wildman–Crippen MR) is 126 cm³/mol. The Morgan fingerprint density at radius 3 is 2.62 bits per heavy atom. The lowest BCUT2D eigenvalue weighted by molar-refractivity contribution is 0.0659. The highest BCUT2D eigenvalue weighted by atomic mass is 32.1. The number of hydrogen-bond acceptors (Lipinski definition) is 6. The zero-order valence-corrected chi connectivity index (χ0v) is 19.2. The first-order valence-corrected chi connectivity index (χ1v) is 11.0. The standard InChI is InChI=1S/C23H22F2N6O2S/c1-32-14-8-9-17(19(10-14)33-2)30-22(28-29-23(30)34)15-12-26-31-18(20(24)25)11-16(27-21(15)31)13-6-4-3-5-7-13/h3-10,12,16,18,20,27H,11H2,1-2H3,(H,29,34)/t16-,18+/m0/s1. The van der Waals surface area contributed by atoms with Crippen molar-refractivity contribution >= 4 is 18.0 Å². The summed E-state index contributed by atoms with van der Waals surface area (Å²) in [5.74, 6) is 2.00. The van der Waals surface area contributed by atoms with E-state index < -0.39 is 12.5 Å². The van der Waals surface area contributed by atoms with Crippen LogP contribution in [0.25, 0.3) is 17.1 Å². The van der Waals surface area contributed by atoms with Crippen LogP contribution in [0.4, 0.5) is 14.6 Å². The quantitative estimate of drug-likeness (QED) is 0.368. The largest absolute Gasteiger partial charge is 0.497 e.